The van der Waals surface area contributed by atoms with Crippen LogP contribution in [0.1, 0.15) is 55.2 Å². The van der Waals surface area contributed by atoms with E-state index in [2.05, 4.69) is 0 Å². The molecule has 0 saturated carbocycles. The van der Waals surface area contributed by atoms with Crippen molar-refractivity contribution in [2.75, 3.05) is 22.9 Å². The standard InChI is InChI=1S/C37H29F9N2O2/c38-35(39,40)23-19-28(26-9-1-3-11-30(26)36(41,42)43)34(29(20-23)27-10-2-4-12-31(27)37(44,45)46)22-17-24(47-15-7-5-13-32(47)49)21-25(18-22)48-16-8-6-14-33(48)50/h1-4,9-12,17-21H,5-8,13-16H2. The highest BCUT2D eigenvalue weighted by molar-refractivity contribution is 6.02. The minimum absolute atomic E-state index is 0.0677. The van der Waals surface area contributed by atoms with Crippen LogP contribution in [-0.4, -0.2) is 24.9 Å². The Balaban J connectivity index is 1.78. The number of carbonyl (C=O) groups is 2. The summed E-state index contributed by atoms with van der Waals surface area (Å²) in [6, 6.07) is 13.1. The Hall–Kier alpha value is -4.81. The molecule has 0 N–H and O–H groups in total. The predicted octanol–water partition coefficient (Wildman–Crippen LogP) is 10.8. The first kappa shape index (κ1) is 35.0. The highest BCUT2D eigenvalue weighted by Crippen LogP contribution is 2.50. The van der Waals surface area contributed by atoms with Crippen LogP contribution in [0.4, 0.5) is 50.9 Å². The lowest BCUT2D eigenvalue weighted by Gasteiger charge is -2.32. The number of alkyl halides is 9. The molecule has 4 aromatic carbocycles. The van der Waals surface area contributed by atoms with Gasteiger partial charge >= 0.3 is 18.5 Å². The van der Waals surface area contributed by atoms with Crippen LogP contribution in [0.3, 0.4) is 0 Å². The minimum atomic E-state index is -5.17. The van der Waals surface area contributed by atoms with Crippen LogP contribution in [0.25, 0.3) is 33.4 Å². The van der Waals surface area contributed by atoms with Crippen molar-refractivity contribution in [1.29, 1.82) is 0 Å². The van der Waals surface area contributed by atoms with Crippen molar-refractivity contribution in [2.24, 2.45) is 0 Å². The van der Waals surface area contributed by atoms with Crippen LogP contribution >= 0.6 is 0 Å². The molecule has 0 aromatic heterocycles. The molecule has 4 nitrogen and oxygen atoms in total. The van der Waals surface area contributed by atoms with Crippen molar-refractivity contribution >= 4 is 23.2 Å². The van der Waals surface area contributed by atoms with Gasteiger partial charge in [-0.05, 0) is 102 Å². The number of hydrogen-bond donors (Lipinski definition) is 0. The smallest absolute Gasteiger partial charge is 0.312 e. The van der Waals surface area contributed by atoms with Crippen LogP contribution in [0.2, 0.25) is 0 Å². The van der Waals surface area contributed by atoms with Crippen LogP contribution < -0.4 is 9.80 Å². The summed E-state index contributed by atoms with van der Waals surface area (Å²) < 4.78 is 131. The van der Waals surface area contributed by atoms with Crippen molar-refractivity contribution in [1.82, 2.24) is 0 Å². The number of amides is 2. The molecule has 6 rings (SSSR count). The van der Waals surface area contributed by atoms with E-state index in [1.165, 1.54) is 34.1 Å². The molecule has 2 amide bonds. The summed E-state index contributed by atoms with van der Waals surface area (Å²) in [6.45, 7) is 0.492. The lowest BCUT2D eigenvalue weighted by atomic mass is 9.83. The van der Waals surface area contributed by atoms with E-state index >= 15 is 0 Å². The zero-order valence-electron chi connectivity index (χ0n) is 26.3. The van der Waals surface area contributed by atoms with Crippen molar-refractivity contribution in [3.63, 3.8) is 0 Å². The van der Waals surface area contributed by atoms with Gasteiger partial charge in [0.1, 0.15) is 0 Å². The summed E-state index contributed by atoms with van der Waals surface area (Å²) >= 11 is 0. The van der Waals surface area contributed by atoms with E-state index in [9.17, 15) is 49.1 Å². The van der Waals surface area contributed by atoms with Crippen molar-refractivity contribution in [2.45, 2.75) is 57.1 Å². The van der Waals surface area contributed by atoms with Gasteiger partial charge in [0.05, 0.1) is 16.7 Å². The molecule has 2 saturated heterocycles. The van der Waals surface area contributed by atoms with Crippen molar-refractivity contribution < 1.29 is 49.1 Å². The third kappa shape index (κ3) is 6.95. The Morgan fingerprint density at radius 3 is 1.28 bits per heavy atom. The molecule has 262 valence electrons. The average Bonchev–Trinajstić information content (AvgIpc) is 3.06. The first-order chi connectivity index (χ1) is 23.5. The number of carbonyl (C=O) groups excluding carboxylic acids is 2. The summed E-state index contributed by atoms with van der Waals surface area (Å²) in [5.41, 5.74) is -6.70. The fourth-order valence-electron chi connectivity index (χ4n) is 6.68. The number of benzene rings is 4. The highest BCUT2D eigenvalue weighted by atomic mass is 19.4. The molecule has 50 heavy (non-hydrogen) atoms. The highest BCUT2D eigenvalue weighted by Gasteiger charge is 2.39. The molecule has 2 aliphatic heterocycles. The maximum Gasteiger partial charge on any atom is 0.417 e. The first-order valence-corrected chi connectivity index (χ1v) is 15.9. The topological polar surface area (TPSA) is 40.6 Å². The summed E-state index contributed by atoms with van der Waals surface area (Å²) in [5.74, 6) is -0.580. The van der Waals surface area contributed by atoms with E-state index in [4.69, 9.17) is 0 Å². The SMILES string of the molecule is O=C1CCCCN1c1cc(-c2c(-c3ccccc3C(F)(F)F)cc(C(F)(F)F)cc2-c2ccccc2C(F)(F)F)cc(N2CCCCC2=O)c1. The third-order valence-electron chi connectivity index (χ3n) is 8.97. The molecule has 0 aliphatic carbocycles. The van der Waals surface area contributed by atoms with Crippen LogP contribution in [0.15, 0.2) is 78.9 Å². The summed E-state index contributed by atoms with van der Waals surface area (Å²) in [7, 11) is 0. The number of nitrogens with zero attached hydrogens (tertiary/aromatic N) is 2. The number of anilines is 2. The summed E-state index contributed by atoms with van der Waals surface area (Å²) in [5, 5.41) is 0. The molecule has 2 fully saturated rings. The van der Waals surface area contributed by atoms with E-state index in [-0.39, 0.29) is 60.2 Å². The second-order valence-electron chi connectivity index (χ2n) is 12.3. The molecule has 0 unspecified atom stereocenters. The lowest BCUT2D eigenvalue weighted by Crippen LogP contribution is -2.37. The molecule has 2 aliphatic rings. The molecular weight excluding hydrogens is 675 g/mol. The number of hydrogen-bond acceptors (Lipinski definition) is 2. The Labute approximate surface area is 281 Å². The zero-order valence-corrected chi connectivity index (χ0v) is 26.3. The number of halogens is 9. The molecular formula is C37H29F9N2O2. The summed E-state index contributed by atoms with van der Waals surface area (Å²) in [4.78, 5) is 29.1. The van der Waals surface area contributed by atoms with Crippen LogP contribution in [-0.2, 0) is 28.1 Å². The van der Waals surface area contributed by atoms with Gasteiger partial charge in [0.25, 0.3) is 0 Å². The fraction of sp³-hybridized carbons (Fsp3) is 0.297. The molecule has 13 heteroatoms. The summed E-state index contributed by atoms with van der Waals surface area (Å²) in [6.07, 6.45) is -12.5. The van der Waals surface area contributed by atoms with E-state index < -0.39 is 57.5 Å². The van der Waals surface area contributed by atoms with Crippen LogP contribution in [0.5, 0.6) is 0 Å². The van der Waals surface area contributed by atoms with Crippen molar-refractivity contribution in [3.05, 3.63) is 95.6 Å². The Bertz CT molecular complexity index is 1820. The van der Waals surface area contributed by atoms with E-state index in [1.54, 1.807) is 6.07 Å². The minimum Gasteiger partial charge on any atom is -0.312 e. The second-order valence-corrected chi connectivity index (χ2v) is 12.3. The van der Waals surface area contributed by atoms with E-state index in [1.807, 2.05) is 0 Å². The van der Waals surface area contributed by atoms with Gasteiger partial charge in [0, 0.05) is 37.3 Å². The molecule has 0 spiro atoms. The normalized spacial score (nSPS) is 16.3. The first-order valence-electron chi connectivity index (χ1n) is 15.9. The maximum absolute atomic E-state index is 14.5. The third-order valence-corrected chi connectivity index (χ3v) is 8.97. The zero-order chi connectivity index (χ0) is 36.0. The van der Waals surface area contributed by atoms with Gasteiger partial charge < -0.3 is 9.80 Å². The van der Waals surface area contributed by atoms with Gasteiger partial charge in [-0.15, -0.1) is 0 Å². The quantitative estimate of drug-likeness (QED) is 0.194. The molecule has 0 radical (unpaired) electrons. The monoisotopic (exact) mass is 704 g/mol. The Morgan fingerprint density at radius 2 is 0.900 bits per heavy atom. The molecule has 0 atom stereocenters. The molecule has 2 heterocycles. The van der Waals surface area contributed by atoms with Gasteiger partial charge in [-0.3, -0.25) is 9.59 Å². The van der Waals surface area contributed by atoms with E-state index in [0.29, 0.717) is 49.9 Å². The van der Waals surface area contributed by atoms with Gasteiger partial charge in [0.2, 0.25) is 11.8 Å². The lowest BCUT2D eigenvalue weighted by molar-refractivity contribution is -0.137. The van der Waals surface area contributed by atoms with Gasteiger partial charge in [0.15, 0.2) is 0 Å². The largest absolute Gasteiger partial charge is 0.417 e. The predicted molar refractivity (Wildman–Crippen MR) is 170 cm³/mol. The van der Waals surface area contributed by atoms with Crippen LogP contribution in [0, 0.1) is 0 Å². The Morgan fingerprint density at radius 1 is 0.480 bits per heavy atom. The van der Waals surface area contributed by atoms with Crippen molar-refractivity contribution in [3.8, 4) is 33.4 Å². The number of rotatable bonds is 5. The fourth-order valence-corrected chi connectivity index (χ4v) is 6.68. The van der Waals surface area contributed by atoms with Gasteiger partial charge in [-0.25, -0.2) is 0 Å². The van der Waals surface area contributed by atoms with Gasteiger partial charge in [-0.1, -0.05) is 36.4 Å². The van der Waals surface area contributed by atoms with E-state index in [0.717, 1.165) is 24.3 Å². The Kier molecular flexibility index (Phi) is 9.21. The second kappa shape index (κ2) is 13.1. The number of piperidine rings is 2. The molecule has 4 aromatic rings. The average molecular weight is 705 g/mol. The van der Waals surface area contributed by atoms with Gasteiger partial charge in [-0.2, -0.15) is 39.5 Å². The maximum atomic E-state index is 14.5. The molecule has 0 bridgehead atoms.